The normalized spacial score (nSPS) is 15.7. The van der Waals surface area contributed by atoms with Crippen molar-refractivity contribution in [3.63, 3.8) is 0 Å². The lowest BCUT2D eigenvalue weighted by Crippen LogP contribution is -2.44. The van der Waals surface area contributed by atoms with Crippen LogP contribution in [0.1, 0.15) is 16.1 Å². The minimum atomic E-state index is -0.0794. The lowest BCUT2D eigenvalue weighted by molar-refractivity contribution is 0.101. The molecule has 23 heavy (non-hydrogen) atoms. The molecule has 0 bridgehead atoms. The highest BCUT2D eigenvalue weighted by molar-refractivity contribution is 6.03. The number of benzene rings is 1. The first-order valence-electron chi connectivity index (χ1n) is 8.01. The van der Waals surface area contributed by atoms with Gasteiger partial charge in [0.2, 0.25) is 0 Å². The van der Waals surface area contributed by atoms with E-state index in [4.69, 9.17) is 0 Å². The molecule has 0 radical (unpaired) electrons. The van der Waals surface area contributed by atoms with Crippen LogP contribution in [0.4, 0.5) is 11.4 Å². The van der Waals surface area contributed by atoms with E-state index in [0.29, 0.717) is 5.69 Å². The van der Waals surface area contributed by atoms with Crippen LogP contribution in [0.5, 0.6) is 0 Å². The standard InChI is InChI=1S/C18H24N4O/c1-14-13-15(19-18(23)17-5-4-8-21(17)3)6-7-16(14)22-11-9-20(2)10-12-22/h4-8,13H,9-12H2,1-3H3,(H,19,23). The maximum atomic E-state index is 12.3. The molecule has 0 atom stereocenters. The Morgan fingerprint density at radius 1 is 1.09 bits per heavy atom. The minimum Gasteiger partial charge on any atom is -0.369 e. The molecule has 1 N–H and O–H groups in total. The van der Waals surface area contributed by atoms with E-state index in [1.807, 2.05) is 36.0 Å². The van der Waals surface area contributed by atoms with E-state index < -0.39 is 0 Å². The third-order valence-corrected chi connectivity index (χ3v) is 4.48. The Morgan fingerprint density at radius 3 is 2.43 bits per heavy atom. The third kappa shape index (κ3) is 3.40. The first-order valence-corrected chi connectivity index (χ1v) is 8.01. The summed E-state index contributed by atoms with van der Waals surface area (Å²) in [6.45, 7) is 6.38. The molecular weight excluding hydrogens is 288 g/mol. The second-order valence-electron chi connectivity index (χ2n) is 6.25. The van der Waals surface area contributed by atoms with E-state index in [0.717, 1.165) is 31.9 Å². The smallest absolute Gasteiger partial charge is 0.272 e. The molecule has 3 rings (SSSR count). The summed E-state index contributed by atoms with van der Waals surface area (Å²) in [6, 6.07) is 9.84. The fourth-order valence-electron chi connectivity index (χ4n) is 3.03. The van der Waals surface area contributed by atoms with Gasteiger partial charge in [-0.25, -0.2) is 0 Å². The summed E-state index contributed by atoms with van der Waals surface area (Å²) in [7, 11) is 4.03. The number of piperazine rings is 1. The number of likely N-dealkylation sites (N-methyl/N-ethyl adjacent to an activating group) is 1. The number of anilines is 2. The van der Waals surface area contributed by atoms with Gasteiger partial charge in [-0.05, 0) is 49.9 Å². The molecule has 5 nitrogen and oxygen atoms in total. The second-order valence-corrected chi connectivity index (χ2v) is 6.25. The molecule has 0 aliphatic carbocycles. The summed E-state index contributed by atoms with van der Waals surface area (Å²) in [5.41, 5.74) is 3.95. The van der Waals surface area contributed by atoms with Gasteiger partial charge in [0.25, 0.3) is 5.91 Å². The monoisotopic (exact) mass is 312 g/mol. The van der Waals surface area contributed by atoms with Gasteiger partial charge in [0.05, 0.1) is 0 Å². The molecule has 2 heterocycles. The van der Waals surface area contributed by atoms with Crippen LogP contribution in [0.2, 0.25) is 0 Å². The Balaban J connectivity index is 1.72. The van der Waals surface area contributed by atoms with Crippen molar-refractivity contribution in [2.24, 2.45) is 7.05 Å². The maximum absolute atomic E-state index is 12.3. The van der Waals surface area contributed by atoms with E-state index in [2.05, 4.69) is 41.2 Å². The number of carbonyl (C=O) groups excluding carboxylic acids is 1. The summed E-state index contributed by atoms with van der Waals surface area (Å²) in [6.07, 6.45) is 1.87. The van der Waals surface area contributed by atoms with Gasteiger partial charge in [-0.2, -0.15) is 0 Å². The Morgan fingerprint density at radius 2 is 1.83 bits per heavy atom. The largest absolute Gasteiger partial charge is 0.369 e. The number of aryl methyl sites for hydroxylation is 2. The SMILES string of the molecule is Cc1cc(NC(=O)c2cccn2C)ccc1N1CCN(C)CC1. The first kappa shape index (κ1) is 15.6. The lowest BCUT2D eigenvalue weighted by Gasteiger charge is -2.35. The van der Waals surface area contributed by atoms with Gasteiger partial charge in [0.15, 0.2) is 0 Å². The lowest BCUT2D eigenvalue weighted by atomic mass is 10.1. The van der Waals surface area contributed by atoms with Crippen LogP contribution in [0.15, 0.2) is 36.5 Å². The van der Waals surface area contributed by atoms with Gasteiger partial charge in [-0.3, -0.25) is 4.79 Å². The molecule has 5 heteroatoms. The molecule has 0 saturated carbocycles. The van der Waals surface area contributed by atoms with Crippen molar-refractivity contribution in [3.05, 3.63) is 47.8 Å². The predicted molar refractivity (Wildman–Crippen MR) is 94.3 cm³/mol. The van der Waals surface area contributed by atoms with Crippen molar-refractivity contribution >= 4 is 17.3 Å². The molecular formula is C18H24N4O. The van der Waals surface area contributed by atoms with Crippen LogP contribution in [0.25, 0.3) is 0 Å². The fourth-order valence-corrected chi connectivity index (χ4v) is 3.03. The van der Waals surface area contributed by atoms with Crippen LogP contribution >= 0.6 is 0 Å². The van der Waals surface area contributed by atoms with Crippen molar-refractivity contribution in [2.75, 3.05) is 43.4 Å². The van der Waals surface area contributed by atoms with Gasteiger partial charge < -0.3 is 19.7 Å². The number of nitrogens with one attached hydrogen (secondary N) is 1. The molecule has 0 unspecified atom stereocenters. The number of nitrogens with zero attached hydrogens (tertiary/aromatic N) is 3. The molecule has 1 aliphatic rings. The van der Waals surface area contributed by atoms with Crippen LogP contribution in [0, 0.1) is 6.92 Å². The van der Waals surface area contributed by atoms with Gasteiger partial charge >= 0.3 is 0 Å². The van der Waals surface area contributed by atoms with Gasteiger partial charge in [-0.15, -0.1) is 0 Å². The Labute approximate surface area is 137 Å². The molecule has 0 spiro atoms. The van der Waals surface area contributed by atoms with Crippen molar-refractivity contribution < 1.29 is 4.79 Å². The van der Waals surface area contributed by atoms with E-state index >= 15 is 0 Å². The Kier molecular flexibility index (Phi) is 4.39. The van der Waals surface area contributed by atoms with Gasteiger partial charge in [-0.1, -0.05) is 0 Å². The van der Waals surface area contributed by atoms with Crippen LogP contribution < -0.4 is 10.2 Å². The third-order valence-electron chi connectivity index (χ3n) is 4.48. The quantitative estimate of drug-likeness (QED) is 0.946. The zero-order valence-electron chi connectivity index (χ0n) is 14.0. The summed E-state index contributed by atoms with van der Waals surface area (Å²) in [5, 5.41) is 2.98. The van der Waals surface area contributed by atoms with Crippen LogP contribution in [-0.4, -0.2) is 48.6 Å². The second kappa shape index (κ2) is 6.46. The maximum Gasteiger partial charge on any atom is 0.272 e. The minimum absolute atomic E-state index is 0.0794. The van der Waals surface area contributed by atoms with E-state index in [1.165, 1.54) is 11.3 Å². The molecule has 1 aromatic carbocycles. The highest BCUT2D eigenvalue weighted by atomic mass is 16.1. The number of rotatable bonds is 3. The summed E-state index contributed by atoms with van der Waals surface area (Å²) >= 11 is 0. The average Bonchev–Trinajstić information content (AvgIpc) is 2.95. The summed E-state index contributed by atoms with van der Waals surface area (Å²) in [5.74, 6) is -0.0794. The first-order chi connectivity index (χ1) is 11.0. The van der Waals surface area contributed by atoms with Crippen molar-refractivity contribution in [3.8, 4) is 0 Å². The van der Waals surface area contributed by atoms with Crippen molar-refractivity contribution in [1.82, 2.24) is 9.47 Å². The van der Waals surface area contributed by atoms with Crippen molar-refractivity contribution in [2.45, 2.75) is 6.92 Å². The van der Waals surface area contributed by atoms with E-state index in [1.54, 1.807) is 0 Å². The number of aromatic nitrogens is 1. The average molecular weight is 312 g/mol. The fraction of sp³-hybridized carbons (Fsp3) is 0.389. The highest BCUT2D eigenvalue weighted by Gasteiger charge is 2.16. The molecule has 1 fully saturated rings. The number of amides is 1. The summed E-state index contributed by atoms with van der Waals surface area (Å²) < 4.78 is 1.82. The molecule has 1 amide bonds. The molecule has 122 valence electrons. The van der Waals surface area contributed by atoms with E-state index in [9.17, 15) is 4.79 Å². The zero-order valence-corrected chi connectivity index (χ0v) is 14.0. The number of hydrogen-bond acceptors (Lipinski definition) is 3. The van der Waals surface area contributed by atoms with Crippen LogP contribution in [0.3, 0.4) is 0 Å². The van der Waals surface area contributed by atoms with Gasteiger partial charge in [0, 0.05) is 50.8 Å². The summed E-state index contributed by atoms with van der Waals surface area (Å²) in [4.78, 5) is 17.0. The molecule has 1 saturated heterocycles. The van der Waals surface area contributed by atoms with Crippen molar-refractivity contribution in [1.29, 1.82) is 0 Å². The van der Waals surface area contributed by atoms with Gasteiger partial charge in [0.1, 0.15) is 5.69 Å². The highest BCUT2D eigenvalue weighted by Crippen LogP contribution is 2.25. The zero-order chi connectivity index (χ0) is 16.4. The Hall–Kier alpha value is -2.27. The molecule has 1 aliphatic heterocycles. The topological polar surface area (TPSA) is 40.5 Å². The predicted octanol–water partition coefficient (Wildman–Crippen LogP) is 2.34. The molecule has 2 aromatic rings. The molecule has 1 aromatic heterocycles. The number of hydrogen-bond donors (Lipinski definition) is 1. The van der Waals surface area contributed by atoms with Crippen LogP contribution in [-0.2, 0) is 7.05 Å². The van der Waals surface area contributed by atoms with E-state index in [-0.39, 0.29) is 5.91 Å². The Bertz CT molecular complexity index is 699. The number of carbonyl (C=O) groups is 1.